The van der Waals surface area contributed by atoms with Gasteiger partial charge in [0.05, 0.1) is 13.7 Å². The predicted molar refractivity (Wildman–Crippen MR) is 157 cm³/mol. The average Bonchev–Trinajstić information content (AvgIpc) is 2.83. The molecule has 0 bridgehead atoms. The topological polar surface area (TPSA) is 21.6 Å². The van der Waals surface area contributed by atoms with E-state index in [0.717, 1.165) is 16.9 Å². The Morgan fingerprint density at radius 2 is 1.19 bits per heavy atom. The number of aryl methyl sites for hydroxylation is 6. The fourth-order valence-electron chi connectivity index (χ4n) is 5.62. The van der Waals surface area contributed by atoms with E-state index in [4.69, 9.17) is 9.73 Å². The van der Waals surface area contributed by atoms with Gasteiger partial charge in [0.25, 0.3) is 0 Å². The molecule has 0 N–H and O–H groups in total. The third-order valence-electron chi connectivity index (χ3n) is 7.02. The average molecular weight is 473 g/mol. The number of nitrogens with zero attached hydrogens (tertiary/aromatic N) is 1. The Morgan fingerprint density at radius 3 is 1.69 bits per heavy atom. The van der Waals surface area contributed by atoms with Crippen LogP contribution >= 0.6 is 0 Å². The summed E-state index contributed by atoms with van der Waals surface area (Å²) in [5.74, 6) is 0.864. The van der Waals surface area contributed by atoms with Crippen molar-refractivity contribution in [2.45, 2.75) is 48.1 Å². The maximum atomic E-state index is 5.28. The molecule has 0 atom stereocenters. The first kappa shape index (κ1) is 25.5. The zero-order valence-electron chi connectivity index (χ0n) is 22.6. The summed E-state index contributed by atoms with van der Waals surface area (Å²) in [4.78, 5) is 4.85. The van der Waals surface area contributed by atoms with Crippen LogP contribution in [0.2, 0.25) is 0 Å². The van der Waals surface area contributed by atoms with Crippen LogP contribution in [0.15, 0.2) is 77.8 Å². The van der Waals surface area contributed by atoms with Crippen molar-refractivity contribution in [3.8, 4) is 5.75 Å². The van der Waals surface area contributed by atoms with Gasteiger partial charge < -0.3 is 4.74 Å². The van der Waals surface area contributed by atoms with E-state index >= 15 is 0 Å². The molecule has 182 valence electrons. The number of methoxy groups -OCH3 is 1. The number of aliphatic imine (C=N–C) groups is 1. The van der Waals surface area contributed by atoms with Crippen LogP contribution in [-0.4, -0.2) is 20.0 Å². The molecule has 0 heterocycles. The highest BCUT2D eigenvalue weighted by Gasteiger charge is 2.29. The lowest BCUT2D eigenvalue weighted by Crippen LogP contribution is -2.56. The Bertz CT molecular complexity index is 1300. The second kappa shape index (κ2) is 11.0. The van der Waals surface area contributed by atoms with Crippen molar-refractivity contribution in [1.82, 2.24) is 0 Å². The zero-order valence-corrected chi connectivity index (χ0v) is 22.6. The Balaban J connectivity index is 1.84. The minimum Gasteiger partial charge on any atom is -0.497 e. The molecule has 0 spiro atoms. The molecule has 0 saturated heterocycles. The van der Waals surface area contributed by atoms with Crippen molar-refractivity contribution >= 4 is 29.3 Å². The third kappa shape index (κ3) is 5.46. The fourth-order valence-corrected chi connectivity index (χ4v) is 5.62. The van der Waals surface area contributed by atoms with Crippen molar-refractivity contribution in [3.63, 3.8) is 0 Å². The van der Waals surface area contributed by atoms with E-state index in [1.54, 1.807) is 7.11 Å². The molecular weight excluding hydrogens is 437 g/mol. The highest BCUT2D eigenvalue weighted by Crippen LogP contribution is 2.15. The maximum Gasteiger partial charge on any atom is 0.243 e. The first-order valence-electron chi connectivity index (χ1n) is 12.7. The summed E-state index contributed by atoms with van der Waals surface area (Å²) in [5.41, 5.74) is 14.4. The summed E-state index contributed by atoms with van der Waals surface area (Å²) < 4.78 is 5.28. The first-order chi connectivity index (χ1) is 17.3. The molecule has 0 saturated carbocycles. The third-order valence-corrected chi connectivity index (χ3v) is 7.02. The highest BCUT2D eigenvalue weighted by atomic mass is 16.5. The molecule has 2 nitrogen and oxygen atoms in total. The van der Waals surface area contributed by atoms with Gasteiger partial charge in [-0.05, 0) is 64.8 Å². The van der Waals surface area contributed by atoms with Gasteiger partial charge in [0.1, 0.15) is 5.75 Å². The number of benzene rings is 4. The van der Waals surface area contributed by atoms with E-state index < -0.39 is 0 Å². The minimum absolute atomic E-state index is 0.134. The Hall–Kier alpha value is -3.59. The van der Waals surface area contributed by atoms with Crippen LogP contribution in [0.1, 0.15) is 44.5 Å². The molecule has 4 aromatic carbocycles. The Labute approximate surface area is 217 Å². The molecule has 0 aromatic heterocycles. The van der Waals surface area contributed by atoms with Crippen LogP contribution in [0.4, 0.5) is 0 Å². The van der Waals surface area contributed by atoms with Gasteiger partial charge in [0, 0.05) is 6.21 Å². The molecule has 36 heavy (non-hydrogen) atoms. The fraction of sp³-hybridized carbons (Fsp3) is 0.242. The summed E-state index contributed by atoms with van der Waals surface area (Å²) in [6, 6.07) is 26.1. The summed E-state index contributed by atoms with van der Waals surface area (Å²) in [6.45, 7) is 14.1. The minimum atomic E-state index is 0.134. The van der Waals surface area contributed by atoms with Crippen LogP contribution in [0.25, 0.3) is 0 Å². The van der Waals surface area contributed by atoms with Gasteiger partial charge in [-0.1, -0.05) is 110 Å². The Morgan fingerprint density at radius 1 is 0.694 bits per heavy atom. The molecule has 0 amide bonds. The van der Waals surface area contributed by atoms with Gasteiger partial charge in [-0.15, -0.1) is 0 Å². The lowest BCUT2D eigenvalue weighted by atomic mass is 9.33. The second-order valence-corrected chi connectivity index (χ2v) is 10.0. The van der Waals surface area contributed by atoms with Crippen molar-refractivity contribution in [2.24, 2.45) is 4.99 Å². The molecule has 0 radical (unpaired) electrons. The number of hydrogen-bond donors (Lipinski definition) is 0. The number of hydrogen-bond acceptors (Lipinski definition) is 2. The van der Waals surface area contributed by atoms with Crippen molar-refractivity contribution in [1.29, 1.82) is 0 Å². The molecule has 4 aromatic rings. The smallest absolute Gasteiger partial charge is 0.243 e. The van der Waals surface area contributed by atoms with Crippen LogP contribution in [0.5, 0.6) is 5.75 Å². The molecule has 0 aliphatic carbocycles. The lowest BCUT2D eigenvalue weighted by Gasteiger charge is -2.25. The van der Waals surface area contributed by atoms with E-state index in [0.29, 0.717) is 6.54 Å². The number of ether oxygens (including phenoxy) is 1. The van der Waals surface area contributed by atoms with Crippen LogP contribution in [0, 0.1) is 41.5 Å². The van der Waals surface area contributed by atoms with Gasteiger partial charge in [-0.2, -0.15) is 0 Å². The number of rotatable bonds is 7. The molecule has 3 heteroatoms. The Kier molecular flexibility index (Phi) is 7.79. The van der Waals surface area contributed by atoms with E-state index in [-0.39, 0.29) is 6.71 Å². The van der Waals surface area contributed by atoms with E-state index in [2.05, 4.69) is 102 Å². The normalized spacial score (nSPS) is 11.2. The summed E-state index contributed by atoms with van der Waals surface area (Å²) in [5, 5.41) is 0. The predicted octanol–water partition coefficient (Wildman–Crippen LogP) is 5.68. The van der Waals surface area contributed by atoms with Gasteiger partial charge in [0.15, 0.2) is 0 Å². The molecule has 0 fully saturated rings. The quantitative estimate of drug-likeness (QED) is 0.250. The standard InChI is InChI=1S/C33H36BNO/c1-22-16-24(3)32(25(4)17-22)34(33-26(5)18-23(2)19-27(33)6)31-11-9-8-10-29(31)21-35-20-28-12-14-30(36-7)15-13-28/h8-19,21H,20H2,1-7H3. The van der Waals surface area contributed by atoms with Crippen molar-refractivity contribution < 1.29 is 4.74 Å². The van der Waals surface area contributed by atoms with Crippen molar-refractivity contribution in [3.05, 3.63) is 117 Å². The maximum absolute atomic E-state index is 5.28. The molecule has 4 rings (SSSR count). The summed E-state index contributed by atoms with van der Waals surface area (Å²) in [6.07, 6.45) is 2.05. The largest absolute Gasteiger partial charge is 0.497 e. The van der Waals surface area contributed by atoms with Gasteiger partial charge in [-0.25, -0.2) is 0 Å². The zero-order chi connectivity index (χ0) is 25.8. The monoisotopic (exact) mass is 473 g/mol. The molecule has 0 unspecified atom stereocenters. The molecule has 0 aliphatic heterocycles. The van der Waals surface area contributed by atoms with E-state index in [1.165, 1.54) is 49.8 Å². The lowest BCUT2D eigenvalue weighted by molar-refractivity contribution is 0.414. The second-order valence-electron chi connectivity index (χ2n) is 10.0. The molecule has 0 aliphatic rings. The van der Waals surface area contributed by atoms with E-state index in [9.17, 15) is 0 Å². The van der Waals surface area contributed by atoms with Crippen LogP contribution in [0.3, 0.4) is 0 Å². The first-order valence-corrected chi connectivity index (χ1v) is 12.7. The SMILES string of the molecule is COc1ccc(CN=Cc2ccccc2B(c2c(C)cc(C)cc2C)c2c(C)cc(C)cc2C)cc1. The van der Waals surface area contributed by atoms with E-state index in [1.807, 2.05) is 18.3 Å². The van der Waals surface area contributed by atoms with Crippen LogP contribution < -0.4 is 21.1 Å². The van der Waals surface area contributed by atoms with Gasteiger partial charge in [-0.3, -0.25) is 4.99 Å². The van der Waals surface area contributed by atoms with Gasteiger partial charge >= 0.3 is 0 Å². The van der Waals surface area contributed by atoms with Crippen LogP contribution in [-0.2, 0) is 6.54 Å². The van der Waals surface area contributed by atoms with Crippen molar-refractivity contribution in [2.75, 3.05) is 7.11 Å². The summed E-state index contributed by atoms with van der Waals surface area (Å²) >= 11 is 0. The molecular formula is C33H36BNO. The highest BCUT2D eigenvalue weighted by molar-refractivity contribution is 6.97. The van der Waals surface area contributed by atoms with Gasteiger partial charge in [0.2, 0.25) is 6.71 Å². The summed E-state index contributed by atoms with van der Waals surface area (Å²) in [7, 11) is 1.69.